The number of carbonyl (C=O) groups excluding carboxylic acids is 1. The van der Waals surface area contributed by atoms with Crippen molar-refractivity contribution in [2.75, 3.05) is 11.9 Å². The molecule has 23 heavy (non-hydrogen) atoms. The normalized spacial score (nSPS) is 16.7. The number of nitrogens with one attached hydrogen (secondary N) is 1. The predicted molar refractivity (Wildman–Crippen MR) is 82.4 cm³/mol. The molecule has 1 aliphatic heterocycles. The number of ether oxygens (including phenoxy) is 1. The van der Waals surface area contributed by atoms with Gasteiger partial charge in [-0.1, -0.05) is 24.5 Å². The molecule has 0 aromatic carbocycles. The molecule has 8 nitrogen and oxygen atoms in total. The number of nitrogens with zero attached hydrogens (tertiary/aromatic N) is 5. The van der Waals surface area contributed by atoms with Gasteiger partial charge < -0.3 is 10.1 Å². The summed E-state index contributed by atoms with van der Waals surface area (Å²) in [4.78, 5) is 16.9. The van der Waals surface area contributed by atoms with E-state index < -0.39 is 6.04 Å². The van der Waals surface area contributed by atoms with E-state index in [9.17, 15) is 4.79 Å². The van der Waals surface area contributed by atoms with Crippen molar-refractivity contribution in [1.29, 1.82) is 0 Å². The molecule has 0 saturated heterocycles. The van der Waals surface area contributed by atoms with Crippen molar-refractivity contribution in [2.45, 2.75) is 32.7 Å². The first-order valence-electron chi connectivity index (χ1n) is 7.56. The Labute approximate surface area is 133 Å². The average molecular weight is 314 g/mol. The van der Waals surface area contributed by atoms with E-state index in [4.69, 9.17) is 4.74 Å². The summed E-state index contributed by atoms with van der Waals surface area (Å²) in [7, 11) is 0. The van der Waals surface area contributed by atoms with Crippen molar-refractivity contribution in [3.05, 3.63) is 41.4 Å². The van der Waals surface area contributed by atoms with Gasteiger partial charge in [0.15, 0.2) is 0 Å². The van der Waals surface area contributed by atoms with Crippen LogP contribution in [0, 0.1) is 0 Å². The summed E-state index contributed by atoms with van der Waals surface area (Å²) in [6, 6.07) is 5.02. The van der Waals surface area contributed by atoms with Crippen LogP contribution in [0.5, 0.6) is 0 Å². The van der Waals surface area contributed by atoms with Crippen LogP contribution in [0.3, 0.4) is 0 Å². The standard InChI is InChI=1S/C15H18N6O2/c1-3-4-9-23-14(22)12-10(2)17-15-18-19-20-21(15)13(12)11-7-5-6-8-16-11/h5-8,13H,3-4,9H2,1-2H3,(H,17,18,20). The molecule has 1 atom stereocenters. The van der Waals surface area contributed by atoms with Crippen LogP contribution < -0.4 is 5.32 Å². The van der Waals surface area contributed by atoms with Crippen molar-refractivity contribution in [1.82, 2.24) is 25.2 Å². The van der Waals surface area contributed by atoms with E-state index in [0.29, 0.717) is 29.5 Å². The van der Waals surface area contributed by atoms with Crippen LogP contribution in [0.25, 0.3) is 0 Å². The monoisotopic (exact) mass is 314 g/mol. The van der Waals surface area contributed by atoms with Crippen molar-refractivity contribution in [2.24, 2.45) is 0 Å². The number of unbranched alkanes of at least 4 members (excludes halogenated alkanes) is 1. The molecule has 2 aromatic rings. The topological polar surface area (TPSA) is 94.8 Å². The molecule has 3 heterocycles. The van der Waals surface area contributed by atoms with Gasteiger partial charge in [-0.25, -0.2) is 4.79 Å². The number of allylic oxidation sites excluding steroid dienone is 1. The minimum atomic E-state index is -0.503. The number of esters is 1. The zero-order valence-corrected chi connectivity index (χ0v) is 13.1. The van der Waals surface area contributed by atoms with Crippen LogP contribution >= 0.6 is 0 Å². The molecule has 1 unspecified atom stereocenters. The Kier molecular flexibility index (Phi) is 4.31. The number of carbonyl (C=O) groups is 1. The second kappa shape index (κ2) is 6.55. The summed E-state index contributed by atoms with van der Waals surface area (Å²) < 4.78 is 6.94. The van der Waals surface area contributed by atoms with Gasteiger partial charge in [0, 0.05) is 11.9 Å². The molecule has 2 aromatic heterocycles. The molecule has 1 N–H and O–H groups in total. The first kappa shape index (κ1) is 15.1. The molecule has 0 saturated carbocycles. The van der Waals surface area contributed by atoms with Crippen LogP contribution in [-0.4, -0.2) is 37.8 Å². The highest BCUT2D eigenvalue weighted by atomic mass is 16.5. The van der Waals surface area contributed by atoms with Gasteiger partial charge in [0.05, 0.1) is 17.9 Å². The van der Waals surface area contributed by atoms with Crippen molar-refractivity contribution in [3.63, 3.8) is 0 Å². The Morgan fingerprint density at radius 3 is 3.04 bits per heavy atom. The fraction of sp³-hybridized carbons (Fsp3) is 0.400. The minimum Gasteiger partial charge on any atom is -0.462 e. The number of pyridine rings is 1. The second-order valence-corrected chi connectivity index (χ2v) is 5.26. The summed E-state index contributed by atoms with van der Waals surface area (Å²) in [5, 5.41) is 14.6. The Bertz CT molecular complexity index is 725. The molecule has 0 amide bonds. The van der Waals surface area contributed by atoms with Crippen molar-refractivity contribution < 1.29 is 9.53 Å². The quantitative estimate of drug-likeness (QED) is 0.663. The average Bonchev–Trinajstić information content (AvgIpc) is 3.02. The van der Waals surface area contributed by atoms with Gasteiger partial charge in [0.2, 0.25) is 5.95 Å². The SMILES string of the molecule is CCCCOC(=O)C1=C(C)Nc2nnnn2C1c1ccccn1. The lowest BCUT2D eigenvalue weighted by Crippen LogP contribution is -2.30. The number of anilines is 1. The van der Waals surface area contributed by atoms with E-state index in [1.54, 1.807) is 10.9 Å². The van der Waals surface area contributed by atoms with E-state index in [1.165, 1.54) is 0 Å². The smallest absolute Gasteiger partial charge is 0.338 e. The highest BCUT2D eigenvalue weighted by Crippen LogP contribution is 2.33. The molecular formula is C15H18N6O2. The maximum atomic E-state index is 12.6. The number of tetrazole rings is 1. The molecule has 1 aliphatic rings. The van der Waals surface area contributed by atoms with Gasteiger partial charge in [-0.05, 0) is 35.9 Å². The van der Waals surface area contributed by atoms with Crippen LogP contribution in [0.2, 0.25) is 0 Å². The summed E-state index contributed by atoms with van der Waals surface area (Å²) in [6.07, 6.45) is 3.47. The highest BCUT2D eigenvalue weighted by Gasteiger charge is 2.35. The van der Waals surface area contributed by atoms with Gasteiger partial charge >= 0.3 is 5.97 Å². The Hall–Kier alpha value is -2.77. The maximum Gasteiger partial charge on any atom is 0.338 e. The number of hydrogen-bond acceptors (Lipinski definition) is 7. The van der Waals surface area contributed by atoms with Crippen LogP contribution in [-0.2, 0) is 9.53 Å². The summed E-state index contributed by atoms with van der Waals surface area (Å²) in [6.45, 7) is 4.25. The number of hydrogen-bond donors (Lipinski definition) is 1. The zero-order chi connectivity index (χ0) is 16.2. The van der Waals surface area contributed by atoms with Gasteiger partial charge in [0.1, 0.15) is 6.04 Å². The van der Waals surface area contributed by atoms with Crippen LogP contribution in [0.4, 0.5) is 5.95 Å². The molecule has 3 rings (SSSR count). The largest absolute Gasteiger partial charge is 0.462 e. The molecule has 0 aliphatic carbocycles. The molecule has 0 fully saturated rings. The second-order valence-electron chi connectivity index (χ2n) is 5.26. The summed E-state index contributed by atoms with van der Waals surface area (Å²) in [5.41, 5.74) is 1.83. The van der Waals surface area contributed by atoms with E-state index in [2.05, 4.69) is 25.8 Å². The predicted octanol–water partition coefficient (Wildman–Crippen LogP) is 1.70. The van der Waals surface area contributed by atoms with Gasteiger partial charge in [-0.3, -0.25) is 4.98 Å². The lowest BCUT2D eigenvalue weighted by Gasteiger charge is -2.26. The zero-order valence-electron chi connectivity index (χ0n) is 13.1. The van der Waals surface area contributed by atoms with E-state index in [1.807, 2.05) is 32.0 Å². The summed E-state index contributed by atoms with van der Waals surface area (Å²) >= 11 is 0. The number of fused-ring (bicyclic) bond motifs is 1. The number of aromatic nitrogens is 5. The lowest BCUT2D eigenvalue weighted by molar-refractivity contribution is -0.139. The lowest BCUT2D eigenvalue weighted by atomic mass is 10.00. The van der Waals surface area contributed by atoms with E-state index >= 15 is 0 Å². The first-order valence-corrected chi connectivity index (χ1v) is 7.56. The molecule has 120 valence electrons. The first-order chi connectivity index (χ1) is 11.2. The maximum absolute atomic E-state index is 12.6. The summed E-state index contributed by atoms with van der Waals surface area (Å²) in [5.74, 6) is 0.100. The molecule has 0 bridgehead atoms. The fourth-order valence-electron chi connectivity index (χ4n) is 2.47. The molecule has 0 radical (unpaired) electrons. The Morgan fingerprint density at radius 1 is 1.43 bits per heavy atom. The van der Waals surface area contributed by atoms with Gasteiger partial charge in [-0.2, -0.15) is 4.68 Å². The Balaban J connectivity index is 1.99. The Morgan fingerprint density at radius 2 is 2.30 bits per heavy atom. The fourth-order valence-corrected chi connectivity index (χ4v) is 2.47. The van der Waals surface area contributed by atoms with Gasteiger partial charge in [-0.15, -0.1) is 0 Å². The van der Waals surface area contributed by atoms with Crippen molar-refractivity contribution in [3.8, 4) is 0 Å². The van der Waals surface area contributed by atoms with Crippen molar-refractivity contribution >= 4 is 11.9 Å². The van der Waals surface area contributed by atoms with E-state index in [0.717, 1.165) is 12.8 Å². The third-order valence-corrected chi connectivity index (χ3v) is 3.63. The third-order valence-electron chi connectivity index (χ3n) is 3.63. The van der Waals surface area contributed by atoms with Gasteiger partial charge in [0.25, 0.3) is 0 Å². The number of rotatable bonds is 5. The van der Waals surface area contributed by atoms with Crippen LogP contribution in [0.15, 0.2) is 35.7 Å². The molecule has 8 heteroatoms. The van der Waals surface area contributed by atoms with E-state index in [-0.39, 0.29) is 5.97 Å². The molecular weight excluding hydrogens is 296 g/mol. The third kappa shape index (κ3) is 2.92. The molecule has 0 spiro atoms. The minimum absolute atomic E-state index is 0.375. The van der Waals surface area contributed by atoms with Crippen LogP contribution in [0.1, 0.15) is 38.4 Å². The highest BCUT2D eigenvalue weighted by molar-refractivity contribution is 5.92.